The molecule has 1 aromatic heterocycles. The number of aryl methyl sites for hydroxylation is 1. The number of para-hydroxylation sites is 1. The van der Waals surface area contributed by atoms with Crippen LogP contribution in [0.5, 0.6) is 0 Å². The number of H-pyrrole nitrogens is 1. The molecule has 0 saturated carbocycles. The summed E-state index contributed by atoms with van der Waals surface area (Å²) < 4.78 is 13.6. The number of nitrogens with one attached hydrogen (secondary N) is 1. The summed E-state index contributed by atoms with van der Waals surface area (Å²) >= 11 is 0. The van der Waals surface area contributed by atoms with Crippen LogP contribution in [0, 0.1) is 12.7 Å². The molecule has 2 heterocycles. The number of carbonyl (C=O) groups excluding carboxylic acids is 1. The minimum atomic E-state index is -0.276. The SMILES string of the molecule is Cc1[nH]c2ccc(F)cc2c1CC(=O)N1CCN(c2ccccc2)CC1. The van der Waals surface area contributed by atoms with Crippen molar-refractivity contribution in [2.45, 2.75) is 13.3 Å². The van der Waals surface area contributed by atoms with Crippen molar-refractivity contribution in [2.75, 3.05) is 31.1 Å². The predicted molar refractivity (Wildman–Crippen MR) is 102 cm³/mol. The highest BCUT2D eigenvalue weighted by atomic mass is 19.1. The molecular formula is C21H22FN3O. The highest BCUT2D eigenvalue weighted by molar-refractivity contribution is 5.90. The Labute approximate surface area is 152 Å². The van der Waals surface area contributed by atoms with Crippen LogP contribution in [0.1, 0.15) is 11.3 Å². The molecule has 4 nitrogen and oxygen atoms in total. The molecule has 0 radical (unpaired) electrons. The highest BCUT2D eigenvalue weighted by Gasteiger charge is 2.23. The minimum absolute atomic E-state index is 0.103. The Bertz CT molecular complexity index is 927. The van der Waals surface area contributed by atoms with Crippen molar-refractivity contribution < 1.29 is 9.18 Å². The fourth-order valence-electron chi connectivity index (χ4n) is 3.70. The van der Waals surface area contributed by atoms with Crippen LogP contribution in [0.3, 0.4) is 0 Å². The largest absolute Gasteiger partial charge is 0.368 e. The van der Waals surface area contributed by atoms with Gasteiger partial charge in [0.25, 0.3) is 0 Å². The Morgan fingerprint density at radius 1 is 1.08 bits per heavy atom. The van der Waals surface area contributed by atoms with E-state index < -0.39 is 0 Å². The molecule has 0 spiro atoms. The summed E-state index contributed by atoms with van der Waals surface area (Å²) in [5, 5.41) is 0.804. The van der Waals surface area contributed by atoms with E-state index in [2.05, 4.69) is 22.0 Å². The van der Waals surface area contributed by atoms with Gasteiger partial charge in [0.2, 0.25) is 5.91 Å². The Hall–Kier alpha value is -2.82. The summed E-state index contributed by atoms with van der Waals surface area (Å²) in [4.78, 5) is 20.3. The number of benzene rings is 2. The van der Waals surface area contributed by atoms with E-state index in [9.17, 15) is 9.18 Å². The predicted octanol–water partition coefficient (Wildman–Crippen LogP) is 3.51. The zero-order valence-corrected chi connectivity index (χ0v) is 14.8. The first-order valence-corrected chi connectivity index (χ1v) is 8.96. The molecule has 4 rings (SSSR count). The molecule has 3 aromatic rings. The maximum absolute atomic E-state index is 13.6. The van der Waals surface area contributed by atoms with Gasteiger partial charge in [0.15, 0.2) is 0 Å². The van der Waals surface area contributed by atoms with Crippen molar-refractivity contribution in [2.24, 2.45) is 0 Å². The third-order valence-corrected chi connectivity index (χ3v) is 5.16. The summed E-state index contributed by atoms with van der Waals surface area (Å²) in [6.45, 7) is 5.02. The molecule has 2 aromatic carbocycles. The molecule has 0 atom stereocenters. The van der Waals surface area contributed by atoms with Gasteiger partial charge >= 0.3 is 0 Å². The number of anilines is 1. The molecule has 0 bridgehead atoms. The average molecular weight is 351 g/mol. The van der Waals surface area contributed by atoms with Crippen molar-refractivity contribution >= 4 is 22.5 Å². The number of piperazine rings is 1. The van der Waals surface area contributed by atoms with Gasteiger partial charge in [-0.15, -0.1) is 0 Å². The number of fused-ring (bicyclic) bond motifs is 1. The van der Waals surface area contributed by atoms with Crippen molar-refractivity contribution in [3.05, 3.63) is 65.6 Å². The quantitative estimate of drug-likeness (QED) is 0.784. The van der Waals surface area contributed by atoms with Gasteiger partial charge in [0.05, 0.1) is 6.42 Å². The molecule has 1 amide bonds. The van der Waals surface area contributed by atoms with E-state index in [-0.39, 0.29) is 11.7 Å². The van der Waals surface area contributed by atoms with E-state index in [1.807, 2.05) is 30.0 Å². The second-order valence-electron chi connectivity index (χ2n) is 6.80. The topological polar surface area (TPSA) is 39.3 Å². The molecule has 0 aliphatic carbocycles. The molecule has 1 N–H and O–H groups in total. The molecule has 1 fully saturated rings. The Morgan fingerprint density at radius 3 is 2.54 bits per heavy atom. The summed E-state index contributed by atoms with van der Waals surface area (Å²) in [6.07, 6.45) is 0.306. The van der Waals surface area contributed by atoms with Crippen LogP contribution >= 0.6 is 0 Å². The van der Waals surface area contributed by atoms with E-state index >= 15 is 0 Å². The van der Waals surface area contributed by atoms with Crippen LogP contribution < -0.4 is 4.90 Å². The van der Waals surface area contributed by atoms with Crippen LogP contribution in [0.25, 0.3) is 10.9 Å². The van der Waals surface area contributed by atoms with Crippen molar-refractivity contribution in [3.63, 3.8) is 0 Å². The second kappa shape index (κ2) is 6.83. The van der Waals surface area contributed by atoms with E-state index in [0.717, 1.165) is 35.2 Å². The van der Waals surface area contributed by atoms with E-state index in [4.69, 9.17) is 0 Å². The Kier molecular flexibility index (Phi) is 4.37. The normalized spacial score (nSPS) is 14.8. The highest BCUT2D eigenvalue weighted by Crippen LogP contribution is 2.24. The monoisotopic (exact) mass is 351 g/mol. The number of aromatic nitrogens is 1. The fourth-order valence-corrected chi connectivity index (χ4v) is 3.70. The molecular weight excluding hydrogens is 329 g/mol. The first-order chi connectivity index (χ1) is 12.6. The average Bonchev–Trinajstić information content (AvgIpc) is 2.97. The smallest absolute Gasteiger partial charge is 0.227 e. The molecule has 0 unspecified atom stereocenters. The van der Waals surface area contributed by atoms with Crippen LogP contribution in [-0.4, -0.2) is 42.0 Å². The van der Waals surface area contributed by atoms with Crippen LogP contribution in [0.2, 0.25) is 0 Å². The van der Waals surface area contributed by atoms with Gasteiger partial charge in [-0.1, -0.05) is 18.2 Å². The number of halogens is 1. The lowest BCUT2D eigenvalue weighted by Crippen LogP contribution is -2.49. The second-order valence-corrected chi connectivity index (χ2v) is 6.80. The summed E-state index contributed by atoms with van der Waals surface area (Å²) in [6, 6.07) is 14.9. The van der Waals surface area contributed by atoms with Gasteiger partial charge in [0, 0.05) is 48.5 Å². The number of rotatable bonds is 3. The zero-order valence-electron chi connectivity index (χ0n) is 14.8. The van der Waals surface area contributed by atoms with Crippen molar-refractivity contribution in [3.8, 4) is 0 Å². The first kappa shape index (κ1) is 16.6. The van der Waals surface area contributed by atoms with Crippen molar-refractivity contribution in [1.29, 1.82) is 0 Å². The number of nitrogens with zero attached hydrogens (tertiary/aromatic N) is 2. The third-order valence-electron chi connectivity index (χ3n) is 5.16. The van der Waals surface area contributed by atoms with Gasteiger partial charge in [-0.3, -0.25) is 4.79 Å². The van der Waals surface area contributed by atoms with E-state index in [1.54, 1.807) is 6.07 Å². The van der Waals surface area contributed by atoms with Gasteiger partial charge in [-0.25, -0.2) is 4.39 Å². The standard InChI is InChI=1S/C21H22FN3O/c1-15-18(19-13-16(22)7-8-20(19)23-15)14-21(26)25-11-9-24(10-12-25)17-5-3-2-4-6-17/h2-8,13,23H,9-12,14H2,1H3. The summed E-state index contributed by atoms with van der Waals surface area (Å²) in [7, 11) is 0. The van der Waals surface area contributed by atoms with Crippen LogP contribution in [0.15, 0.2) is 48.5 Å². The van der Waals surface area contributed by atoms with Gasteiger partial charge in [0.1, 0.15) is 5.82 Å². The fraction of sp³-hybridized carbons (Fsp3) is 0.286. The molecule has 5 heteroatoms. The Balaban J connectivity index is 1.45. The molecule has 1 aliphatic heterocycles. The molecule has 1 aliphatic rings. The lowest BCUT2D eigenvalue weighted by molar-refractivity contribution is -0.130. The molecule has 26 heavy (non-hydrogen) atoms. The lowest BCUT2D eigenvalue weighted by Gasteiger charge is -2.36. The number of hydrogen-bond acceptors (Lipinski definition) is 2. The molecule has 1 saturated heterocycles. The molecule has 134 valence electrons. The third kappa shape index (κ3) is 3.17. The van der Waals surface area contributed by atoms with Gasteiger partial charge in [-0.2, -0.15) is 0 Å². The number of amides is 1. The number of carbonyl (C=O) groups is 1. The van der Waals surface area contributed by atoms with E-state index in [0.29, 0.717) is 19.5 Å². The number of hydrogen-bond donors (Lipinski definition) is 1. The Morgan fingerprint density at radius 2 is 1.81 bits per heavy atom. The van der Waals surface area contributed by atoms with Gasteiger partial charge < -0.3 is 14.8 Å². The summed E-state index contributed by atoms with van der Waals surface area (Å²) in [5.74, 6) is -0.173. The van der Waals surface area contributed by atoms with Crippen LogP contribution in [0.4, 0.5) is 10.1 Å². The summed E-state index contributed by atoms with van der Waals surface area (Å²) in [5.41, 5.74) is 3.90. The maximum Gasteiger partial charge on any atom is 0.227 e. The van der Waals surface area contributed by atoms with Crippen molar-refractivity contribution in [1.82, 2.24) is 9.88 Å². The van der Waals surface area contributed by atoms with Gasteiger partial charge in [-0.05, 0) is 42.8 Å². The number of aromatic amines is 1. The zero-order chi connectivity index (χ0) is 18.1. The van der Waals surface area contributed by atoms with E-state index in [1.165, 1.54) is 17.8 Å². The van der Waals surface area contributed by atoms with Crippen LogP contribution in [-0.2, 0) is 11.2 Å². The lowest BCUT2D eigenvalue weighted by atomic mass is 10.1. The minimum Gasteiger partial charge on any atom is -0.368 e. The maximum atomic E-state index is 13.6. The first-order valence-electron chi connectivity index (χ1n) is 8.96.